The van der Waals surface area contributed by atoms with Crippen LogP contribution in [0.4, 0.5) is 0 Å². The van der Waals surface area contributed by atoms with Crippen LogP contribution in [0.2, 0.25) is 0 Å². The third kappa shape index (κ3) is 8.78. The number of aromatic nitrogens is 2. The first-order valence-electron chi connectivity index (χ1n) is 19.6. The lowest BCUT2D eigenvalue weighted by Gasteiger charge is -2.36. The second kappa shape index (κ2) is 18.8. The summed E-state index contributed by atoms with van der Waals surface area (Å²) in [5.41, 5.74) is 3.29. The van der Waals surface area contributed by atoms with Crippen molar-refractivity contribution in [3.05, 3.63) is 114 Å². The number of aromatic carboxylic acids is 1. The Hall–Kier alpha value is -5.59. The first-order valence-corrected chi connectivity index (χ1v) is 19.6. The highest BCUT2D eigenvalue weighted by molar-refractivity contribution is 5.98. The summed E-state index contributed by atoms with van der Waals surface area (Å²) in [6, 6.07) is 28.3. The van der Waals surface area contributed by atoms with Crippen molar-refractivity contribution in [1.29, 1.82) is 0 Å². The van der Waals surface area contributed by atoms with Crippen LogP contribution in [0.15, 0.2) is 91.0 Å². The zero-order valence-electron chi connectivity index (χ0n) is 33.2. The van der Waals surface area contributed by atoms with Crippen LogP contribution in [0.3, 0.4) is 0 Å². The molecule has 5 aromatic rings. The summed E-state index contributed by atoms with van der Waals surface area (Å²) in [6.45, 7) is 4.48. The maximum Gasteiger partial charge on any atom is 0.339 e. The predicted octanol–water partition coefficient (Wildman–Crippen LogP) is 7.42. The first-order chi connectivity index (χ1) is 27.7. The van der Waals surface area contributed by atoms with E-state index < -0.39 is 5.97 Å². The average molecular weight is 811 g/mol. The lowest BCUT2D eigenvalue weighted by Crippen LogP contribution is -2.41. The van der Waals surface area contributed by atoms with E-state index >= 15 is 0 Å². The molecule has 1 amide bonds. The maximum atomic E-state index is 14.1. The number of hydrogen-bond donors (Lipinski definition) is 1. The van der Waals surface area contributed by atoms with Gasteiger partial charge < -0.3 is 38.4 Å². The van der Waals surface area contributed by atoms with Crippen LogP contribution >= 0.6 is 12.4 Å². The molecule has 7 rings (SSSR count). The Bertz CT molecular complexity index is 2200. The number of carbonyl (C=O) groups excluding carboxylic acids is 2. The quantitative estimate of drug-likeness (QED) is 0.0794. The molecule has 4 aromatic carbocycles. The number of carbonyl (C=O) groups is 3. The van der Waals surface area contributed by atoms with Crippen molar-refractivity contribution < 1.29 is 38.4 Å². The molecular formula is C45H51ClN4O8. The fraction of sp³-hybridized carbons (Fsp3) is 0.378. The van der Waals surface area contributed by atoms with Crippen LogP contribution in [0.5, 0.6) is 23.0 Å². The van der Waals surface area contributed by atoms with Gasteiger partial charge >= 0.3 is 5.97 Å². The monoisotopic (exact) mass is 810 g/mol. The molecule has 2 fully saturated rings. The number of likely N-dealkylation sites (tertiary alicyclic amines) is 2. The van der Waals surface area contributed by atoms with Gasteiger partial charge in [-0.2, -0.15) is 0 Å². The van der Waals surface area contributed by atoms with Gasteiger partial charge in [0.1, 0.15) is 11.3 Å². The van der Waals surface area contributed by atoms with Gasteiger partial charge in [0.2, 0.25) is 11.5 Å². The average Bonchev–Trinajstić information content (AvgIpc) is 3.87. The number of imidazole rings is 1. The van der Waals surface area contributed by atoms with Crippen molar-refractivity contribution in [3.63, 3.8) is 0 Å². The zero-order valence-corrected chi connectivity index (χ0v) is 34.0. The summed E-state index contributed by atoms with van der Waals surface area (Å²) in [4.78, 5) is 48.9. The molecule has 1 aromatic heterocycles. The van der Waals surface area contributed by atoms with Crippen molar-refractivity contribution in [1.82, 2.24) is 19.4 Å². The molecule has 1 N–H and O–H groups in total. The Balaban J connectivity index is 0.00000567. The number of aryl methyl sites for hydroxylation is 1. The second-order valence-electron chi connectivity index (χ2n) is 14.8. The smallest absolute Gasteiger partial charge is 0.339 e. The number of nitrogens with zero attached hydrogens (tertiary/aromatic N) is 4. The number of fused-ring (bicyclic) bond motifs is 1. The number of benzene rings is 4. The third-order valence-corrected chi connectivity index (χ3v) is 11.6. The number of carboxylic acid groups (broad SMARTS) is 1. The number of para-hydroxylation sites is 3. The summed E-state index contributed by atoms with van der Waals surface area (Å²) < 4.78 is 24.4. The van der Waals surface area contributed by atoms with Gasteiger partial charge in [-0.25, -0.2) is 9.78 Å². The van der Waals surface area contributed by atoms with E-state index in [4.69, 9.17) is 23.9 Å². The van der Waals surface area contributed by atoms with E-state index in [1.54, 1.807) is 51.7 Å². The minimum Gasteiger partial charge on any atom is -0.493 e. The minimum atomic E-state index is -1.04. The number of piperidine rings is 1. The molecule has 58 heavy (non-hydrogen) atoms. The molecule has 1 atom stereocenters. The minimum absolute atomic E-state index is 0. The van der Waals surface area contributed by atoms with Gasteiger partial charge in [0.25, 0.3) is 5.91 Å². The molecule has 0 saturated carbocycles. The van der Waals surface area contributed by atoms with Crippen LogP contribution in [-0.2, 0) is 12.0 Å². The predicted molar refractivity (Wildman–Crippen MR) is 223 cm³/mol. The second-order valence-corrected chi connectivity index (χ2v) is 14.8. The van der Waals surface area contributed by atoms with Crippen molar-refractivity contribution in [2.75, 3.05) is 60.7 Å². The Kier molecular flexibility index (Phi) is 13.6. The van der Waals surface area contributed by atoms with E-state index in [0.717, 1.165) is 56.4 Å². The van der Waals surface area contributed by atoms with Crippen molar-refractivity contribution >= 4 is 41.1 Å². The van der Waals surface area contributed by atoms with E-state index in [1.807, 2.05) is 39.8 Å². The van der Waals surface area contributed by atoms with E-state index in [1.165, 1.54) is 11.6 Å². The zero-order chi connectivity index (χ0) is 39.9. The Morgan fingerprint density at radius 1 is 0.810 bits per heavy atom. The molecule has 306 valence electrons. The van der Waals surface area contributed by atoms with E-state index in [9.17, 15) is 19.5 Å². The standard InChI is InChI=1S/C45H50N4O8.ClH/c1-54-38-28-32(29-39(55-2)41(38)56-3)43(51)48-26-21-45(30-48,33-12-5-4-6-13-33)20-25-47-23-18-31(19-24-47)40(50)42-46-35-15-8-9-16-36(35)49(42)22-11-27-57-37-17-10-7-14-34(37)44(52)53;/h4-10,12-17,28-29,31H,11,18-27,30H2,1-3H3,(H,52,53);1H. The number of ketones is 1. The van der Waals surface area contributed by atoms with Gasteiger partial charge in [-0.05, 0) is 93.7 Å². The van der Waals surface area contributed by atoms with Gasteiger partial charge in [-0.1, -0.05) is 54.6 Å². The summed E-state index contributed by atoms with van der Waals surface area (Å²) in [6.07, 6.45) is 3.77. The number of rotatable bonds is 16. The molecule has 0 radical (unpaired) electrons. The molecule has 12 nitrogen and oxygen atoms in total. The number of amides is 1. The van der Waals surface area contributed by atoms with E-state index in [-0.39, 0.29) is 41.0 Å². The summed E-state index contributed by atoms with van der Waals surface area (Å²) in [5, 5.41) is 9.52. The molecule has 2 aliphatic heterocycles. The topological polar surface area (TPSA) is 133 Å². The Morgan fingerprint density at radius 2 is 1.48 bits per heavy atom. The molecule has 1 unspecified atom stereocenters. The van der Waals surface area contributed by atoms with Gasteiger partial charge in [0.15, 0.2) is 17.3 Å². The molecule has 0 spiro atoms. The normalized spacial score (nSPS) is 17.1. The number of Topliss-reactive ketones (excluding diaryl/α,β-unsaturated/α-hetero) is 1. The van der Waals surface area contributed by atoms with Crippen LogP contribution in [0, 0.1) is 5.92 Å². The molecule has 2 saturated heterocycles. The number of ether oxygens (including phenoxy) is 4. The fourth-order valence-corrected chi connectivity index (χ4v) is 8.45. The highest BCUT2D eigenvalue weighted by Gasteiger charge is 2.42. The number of methoxy groups -OCH3 is 3. The lowest BCUT2D eigenvalue weighted by atomic mass is 9.76. The summed E-state index contributed by atoms with van der Waals surface area (Å²) >= 11 is 0. The number of carboxylic acids is 1. The number of halogens is 1. The third-order valence-electron chi connectivity index (χ3n) is 11.6. The van der Waals surface area contributed by atoms with Crippen LogP contribution in [0.25, 0.3) is 11.0 Å². The largest absolute Gasteiger partial charge is 0.493 e. The highest BCUT2D eigenvalue weighted by Crippen LogP contribution is 2.42. The van der Waals surface area contributed by atoms with Gasteiger partial charge in [-0.3, -0.25) is 9.59 Å². The maximum absolute atomic E-state index is 14.1. The molecule has 3 heterocycles. The molecule has 0 aliphatic carbocycles. The SMILES string of the molecule is COc1cc(C(=O)N2CCC(CCN3CCC(C(=O)c4nc5ccccc5n4CCCOc4ccccc4C(=O)O)CC3)(c3ccccc3)C2)cc(OC)c1OC.Cl. The molecular weight excluding hydrogens is 760 g/mol. The lowest BCUT2D eigenvalue weighted by molar-refractivity contribution is 0.0690. The van der Waals surface area contributed by atoms with Crippen molar-refractivity contribution in [2.45, 2.75) is 44.1 Å². The van der Waals surface area contributed by atoms with Gasteiger partial charge in [-0.15, -0.1) is 12.4 Å². The highest BCUT2D eigenvalue weighted by atomic mass is 35.5. The molecule has 13 heteroatoms. The van der Waals surface area contributed by atoms with Crippen molar-refractivity contribution in [2.24, 2.45) is 5.92 Å². The first kappa shape index (κ1) is 42.0. The van der Waals surface area contributed by atoms with E-state index in [2.05, 4.69) is 29.2 Å². The van der Waals surface area contributed by atoms with Crippen LogP contribution in [0.1, 0.15) is 69.0 Å². The van der Waals surface area contributed by atoms with Gasteiger partial charge in [0, 0.05) is 36.5 Å². The van der Waals surface area contributed by atoms with Crippen molar-refractivity contribution in [3.8, 4) is 23.0 Å². The van der Waals surface area contributed by atoms with Crippen LogP contribution < -0.4 is 18.9 Å². The van der Waals surface area contributed by atoms with Gasteiger partial charge in [0.05, 0.1) is 39.0 Å². The summed E-state index contributed by atoms with van der Waals surface area (Å²) in [5.74, 6) is 0.929. The fourth-order valence-electron chi connectivity index (χ4n) is 8.45. The van der Waals surface area contributed by atoms with Crippen LogP contribution in [-0.4, -0.2) is 103 Å². The molecule has 2 aliphatic rings. The summed E-state index contributed by atoms with van der Waals surface area (Å²) in [7, 11) is 4.64. The Labute approximate surface area is 345 Å². The number of hydrogen-bond acceptors (Lipinski definition) is 9. The molecule has 0 bridgehead atoms. The Morgan fingerprint density at radius 3 is 2.17 bits per heavy atom. The van der Waals surface area contributed by atoms with E-state index in [0.29, 0.717) is 67.0 Å².